The Morgan fingerprint density at radius 1 is 1.16 bits per heavy atom. The lowest BCUT2D eigenvalue weighted by Gasteiger charge is -2.16. The number of carbonyl (C=O) groups is 2. The summed E-state index contributed by atoms with van der Waals surface area (Å²) in [6, 6.07) is 12.0. The summed E-state index contributed by atoms with van der Waals surface area (Å²) in [5.74, 6) is -0.467. The van der Waals surface area contributed by atoms with Crippen molar-refractivity contribution in [2.24, 2.45) is 0 Å². The summed E-state index contributed by atoms with van der Waals surface area (Å²) < 4.78 is 13.5. The number of carbonyl (C=O) groups excluding carboxylic acids is 2. The molecule has 0 radical (unpaired) electrons. The number of nitrogens with one attached hydrogen (secondary N) is 2. The number of hydrogen-bond acceptors (Lipinski definition) is 3. The maximum absolute atomic E-state index is 13.5. The second-order valence-electron chi connectivity index (χ2n) is 6.06. The number of anilines is 3. The molecule has 5 nitrogen and oxygen atoms in total. The molecular weight excluding hydrogens is 321 g/mol. The van der Waals surface area contributed by atoms with Crippen LogP contribution in [-0.4, -0.2) is 24.9 Å². The SMILES string of the molecule is Cc1ccc(NC(=O)CNc2ccc(N3CCCC3=O)cc2)cc1F. The average Bonchev–Trinajstić information content (AvgIpc) is 3.03. The van der Waals surface area contributed by atoms with Crippen molar-refractivity contribution >= 4 is 28.9 Å². The van der Waals surface area contributed by atoms with Crippen LogP contribution >= 0.6 is 0 Å². The standard InChI is InChI=1S/C19H20FN3O2/c1-13-4-5-15(11-17(13)20)22-18(24)12-21-14-6-8-16(9-7-14)23-10-2-3-19(23)25/h4-9,11,21H,2-3,10,12H2,1H3,(H,22,24). The van der Waals surface area contributed by atoms with Crippen LogP contribution in [0.3, 0.4) is 0 Å². The molecule has 0 aromatic heterocycles. The first kappa shape index (κ1) is 17.0. The van der Waals surface area contributed by atoms with Gasteiger partial charge in [0.15, 0.2) is 0 Å². The van der Waals surface area contributed by atoms with Crippen LogP contribution in [-0.2, 0) is 9.59 Å². The third kappa shape index (κ3) is 4.15. The first-order valence-electron chi connectivity index (χ1n) is 8.23. The zero-order valence-corrected chi connectivity index (χ0v) is 14.0. The van der Waals surface area contributed by atoms with E-state index < -0.39 is 0 Å². The Morgan fingerprint density at radius 3 is 2.52 bits per heavy atom. The molecule has 2 aromatic rings. The maximum Gasteiger partial charge on any atom is 0.243 e. The fraction of sp³-hybridized carbons (Fsp3) is 0.263. The van der Waals surface area contributed by atoms with Gasteiger partial charge in [-0.2, -0.15) is 0 Å². The largest absolute Gasteiger partial charge is 0.376 e. The van der Waals surface area contributed by atoms with E-state index in [0.29, 0.717) is 17.7 Å². The van der Waals surface area contributed by atoms with Gasteiger partial charge >= 0.3 is 0 Å². The number of halogens is 1. The number of nitrogens with zero attached hydrogens (tertiary/aromatic N) is 1. The molecule has 2 aromatic carbocycles. The van der Waals surface area contributed by atoms with Crippen molar-refractivity contribution in [2.45, 2.75) is 19.8 Å². The molecule has 1 fully saturated rings. The predicted octanol–water partition coefficient (Wildman–Crippen LogP) is 3.31. The Bertz CT molecular complexity index is 790. The van der Waals surface area contributed by atoms with Crippen LogP contribution in [0.25, 0.3) is 0 Å². The molecule has 130 valence electrons. The zero-order chi connectivity index (χ0) is 17.8. The van der Waals surface area contributed by atoms with E-state index in [2.05, 4.69) is 10.6 Å². The van der Waals surface area contributed by atoms with Crippen molar-refractivity contribution in [1.29, 1.82) is 0 Å². The molecule has 0 spiro atoms. The molecule has 0 saturated carbocycles. The molecule has 2 N–H and O–H groups in total. The minimum absolute atomic E-state index is 0.0670. The Balaban J connectivity index is 1.53. The monoisotopic (exact) mass is 341 g/mol. The van der Waals surface area contributed by atoms with Gasteiger partial charge in [0.2, 0.25) is 11.8 Å². The number of rotatable bonds is 5. The lowest BCUT2D eigenvalue weighted by atomic mass is 10.2. The van der Waals surface area contributed by atoms with E-state index in [1.807, 2.05) is 24.3 Å². The summed E-state index contributed by atoms with van der Waals surface area (Å²) in [6.45, 7) is 2.49. The van der Waals surface area contributed by atoms with Gasteiger partial charge in [-0.05, 0) is 55.3 Å². The molecule has 6 heteroatoms. The molecule has 0 bridgehead atoms. The number of amides is 2. The van der Waals surface area contributed by atoms with Crippen LogP contribution in [0.15, 0.2) is 42.5 Å². The van der Waals surface area contributed by atoms with Crippen LogP contribution < -0.4 is 15.5 Å². The number of aryl methyl sites for hydroxylation is 1. The first-order chi connectivity index (χ1) is 12.0. The van der Waals surface area contributed by atoms with Crippen LogP contribution in [0.2, 0.25) is 0 Å². The lowest BCUT2D eigenvalue weighted by Crippen LogP contribution is -2.24. The summed E-state index contributed by atoms with van der Waals surface area (Å²) in [5, 5.41) is 5.66. The van der Waals surface area contributed by atoms with Gasteiger partial charge < -0.3 is 15.5 Å². The van der Waals surface area contributed by atoms with Crippen molar-refractivity contribution < 1.29 is 14.0 Å². The second-order valence-corrected chi connectivity index (χ2v) is 6.06. The van der Waals surface area contributed by atoms with Crippen molar-refractivity contribution in [3.05, 3.63) is 53.8 Å². The van der Waals surface area contributed by atoms with Crippen LogP contribution in [0.1, 0.15) is 18.4 Å². The van der Waals surface area contributed by atoms with Crippen molar-refractivity contribution in [3.63, 3.8) is 0 Å². The molecule has 1 heterocycles. The molecular formula is C19H20FN3O2. The molecule has 1 saturated heterocycles. The summed E-state index contributed by atoms with van der Waals surface area (Å²) in [6.07, 6.45) is 1.48. The summed E-state index contributed by atoms with van der Waals surface area (Å²) in [7, 11) is 0. The van der Waals surface area contributed by atoms with E-state index in [4.69, 9.17) is 0 Å². The van der Waals surface area contributed by atoms with E-state index >= 15 is 0 Å². The summed E-state index contributed by atoms with van der Waals surface area (Å²) >= 11 is 0. The van der Waals surface area contributed by atoms with Gasteiger partial charge in [0.05, 0.1) is 6.54 Å². The minimum Gasteiger partial charge on any atom is -0.376 e. The summed E-state index contributed by atoms with van der Waals surface area (Å²) in [4.78, 5) is 25.4. The highest BCUT2D eigenvalue weighted by Crippen LogP contribution is 2.23. The molecule has 3 rings (SSSR count). The van der Waals surface area contributed by atoms with Gasteiger partial charge in [-0.3, -0.25) is 9.59 Å². The van der Waals surface area contributed by atoms with Gasteiger partial charge in [0, 0.05) is 30.0 Å². The molecule has 1 aliphatic heterocycles. The Labute approximate surface area is 145 Å². The van der Waals surface area contributed by atoms with Gasteiger partial charge in [0.1, 0.15) is 5.82 Å². The van der Waals surface area contributed by atoms with E-state index in [1.54, 1.807) is 24.0 Å². The Morgan fingerprint density at radius 2 is 1.88 bits per heavy atom. The molecule has 0 unspecified atom stereocenters. The quantitative estimate of drug-likeness (QED) is 0.877. The van der Waals surface area contributed by atoms with Crippen LogP contribution in [0.5, 0.6) is 0 Å². The van der Waals surface area contributed by atoms with E-state index in [-0.39, 0.29) is 24.2 Å². The Kier molecular flexibility index (Phi) is 4.97. The summed E-state index contributed by atoms with van der Waals surface area (Å²) in [5.41, 5.74) is 2.61. The molecule has 2 amide bonds. The Hall–Kier alpha value is -2.89. The fourth-order valence-electron chi connectivity index (χ4n) is 2.74. The third-order valence-electron chi connectivity index (χ3n) is 4.16. The predicted molar refractivity (Wildman–Crippen MR) is 96.3 cm³/mol. The highest BCUT2D eigenvalue weighted by molar-refractivity contribution is 5.96. The third-order valence-corrected chi connectivity index (χ3v) is 4.16. The highest BCUT2D eigenvalue weighted by Gasteiger charge is 2.21. The van der Waals surface area contributed by atoms with E-state index in [1.165, 1.54) is 6.07 Å². The van der Waals surface area contributed by atoms with Crippen LogP contribution in [0, 0.1) is 12.7 Å². The average molecular weight is 341 g/mol. The molecule has 25 heavy (non-hydrogen) atoms. The van der Waals surface area contributed by atoms with E-state index in [9.17, 15) is 14.0 Å². The molecule has 1 aliphatic rings. The minimum atomic E-state index is -0.349. The van der Waals surface area contributed by atoms with Crippen molar-refractivity contribution in [2.75, 3.05) is 28.6 Å². The molecule has 0 atom stereocenters. The normalized spacial score (nSPS) is 13.8. The van der Waals surface area contributed by atoms with E-state index in [0.717, 1.165) is 24.3 Å². The topological polar surface area (TPSA) is 61.4 Å². The lowest BCUT2D eigenvalue weighted by molar-refractivity contribution is -0.117. The highest BCUT2D eigenvalue weighted by atomic mass is 19.1. The number of benzene rings is 2. The second kappa shape index (κ2) is 7.34. The first-order valence-corrected chi connectivity index (χ1v) is 8.23. The van der Waals surface area contributed by atoms with Crippen molar-refractivity contribution in [3.8, 4) is 0 Å². The van der Waals surface area contributed by atoms with Gasteiger partial charge in [-0.25, -0.2) is 4.39 Å². The van der Waals surface area contributed by atoms with Gasteiger partial charge in [-0.1, -0.05) is 6.07 Å². The smallest absolute Gasteiger partial charge is 0.243 e. The van der Waals surface area contributed by atoms with Gasteiger partial charge in [-0.15, -0.1) is 0 Å². The maximum atomic E-state index is 13.5. The van der Waals surface area contributed by atoms with Crippen LogP contribution in [0.4, 0.5) is 21.5 Å². The molecule has 0 aliphatic carbocycles. The zero-order valence-electron chi connectivity index (χ0n) is 14.0. The van der Waals surface area contributed by atoms with Gasteiger partial charge in [0.25, 0.3) is 0 Å². The van der Waals surface area contributed by atoms with Crippen molar-refractivity contribution in [1.82, 2.24) is 0 Å². The number of hydrogen-bond donors (Lipinski definition) is 2. The fourth-order valence-corrected chi connectivity index (χ4v) is 2.74.